The van der Waals surface area contributed by atoms with E-state index in [0.717, 1.165) is 38.2 Å². The van der Waals surface area contributed by atoms with E-state index in [2.05, 4.69) is 10.3 Å². The third-order valence-electron chi connectivity index (χ3n) is 3.30. The zero-order valence-corrected chi connectivity index (χ0v) is 11.7. The van der Waals surface area contributed by atoms with Gasteiger partial charge in [-0.15, -0.1) is 0 Å². The highest BCUT2D eigenvalue weighted by Gasteiger charge is 2.25. The zero-order valence-electron chi connectivity index (χ0n) is 10.8. The Labute approximate surface area is 112 Å². The molecule has 0 saturated carbocycles. The fourth-order valence-electron chi connectivity index (χ4n) is 2.25. The summed E-state index contributed by atoms with van der Waals surface area (Å²) in [7, 11) is -2.14. The molecule has 1 atom stereocenters. The molecule has 0 aromatic carbocycles. The van der Waals surface area contributed by atoms with Gasteiger partial charge in [-0.3, -0.25) is 4.98 Å². The predicted octanol–water partition coefficient (Wildman–Crippen LogP) is 0.841. The molecule has 1 aliphatic rings. The zero-order chi connectivity index (χ0) is 13.9. The maximum atomic E-state index is 13.1. The lowest BCUT2D eigenvalue weighted by Gasteiger charge is -2.27. The number of pyridine rings is 1. The lowest BCUT2D eigenvalue weighted by Crippen LogP contribution is -2.39. The Morgan fingerprint density at radius 2 is 2.32 bits per heavy atom. The van der Waals surface area contributed by atoms with E-state index in [1.54, 1.807) is 0 Å². The Balaban J connectivity index is 2.10. The van der Waals surface area contributed by atoms with E-state index in [-0.39, 0.29) is 4.90 Å². The quantitative estimate of drug-likeness (QED) is 0.891. The van der Waals surface area contributed by atoms with Gasteiger partial charge in [0.05, 0.1) is 6.20 Å². The molecule has 2 heterocycles. The third-order valence-corrected chi connectivity index (χ3v) is 5.09. The summed E-state index contributed by atoms with van der Waals surface area (Å²) in [5, 5.41) is 3.25. The highest BCUT2D eigenvalue weighted by Crippen LogP contribution is 2.18. The van der Waals surface area contributed by atoms with E-state index < -0.39 is 15.8 Å². The van der Waals surface area contributed by atoms with Crippen LogP contribution in [-0.2, 0) is 10.0 Å². The van der Waals surface area contributed by atoms with E-state index in [9.17, 15) is 12.8 Å². The average molecular weight is 287 g/mol. The number of sulfonamides is 1. The van der Waals surface area contributed by atoms with Crippen LogP contribution in [0.1, 0.15) is 12.8 Å². The Bertz CT molecular complexity index is 530. The summed E-state index contributed by atoms with van der Waals surface area (Å²) in [6.07, 6.45) is 4.23. The van der Waals surface area contributed by atoms with E-state index in [1.807, 2.05) is 0 Å². The Morgan fingerprint density at radius 1 is 1.53 bits per heavy atom. The van der Waals surface area contributed by atoms with Crippen molar-refractivity contribution in [2.75, 3.05) is 26.7 Å². The van der Waals surface area contributed by atoms with Gasteiger partial charge >= 0.3 is 0 Å². The number of hydrogen-bond acceptors (Lipinski definition) is 4. The minimum atomic E-state index is -3.66. The van der Waals surface area contributed by atoms with Crippen molar-refractivity contribution in [3.05, 3.63) is 24.3 Å². The molecule has 0 aliphatic carbocycles. The summed E-state index contributed by atoms with van der Waals surface area (Å²) < 4.78 is 38.9. The highest BCUT2D eigenvalue weighted by atomic mass is 32.2. The van der Waals surface area contributed by atoms with Gasteiger partial charge < -0.3 is 5.32 Å². The number of halogens is 1. The van der Waals surface area contributed by atoms with Crippen molar-refractivity contribution in [3.8, 4) is 0 Å². The number of aromatic nitrogens is 1. The SMILES string of the molecule is CN(CC1CCCNC1)S(=O)(=O)c1cncc(F)c1. The standard InChI is InChI=1S/C12H18FN3O2S/c1-16(9-10-3-2-4-14-6-10)19(17,18)12-5-11(13)7-15-8-12/h5,7-8,10,14H,2-4,6,9H2,1H3. The van der Waals surface area contributed by atoms with Crippen LogP contribution in [0.4, 0.5) is 4.39 Å². The molecule has 1 N–H and O–H groups in total. The summed E-state index contributed by atoms with van der Waals surface area (Å²) in [6.45, 7) is 2.24. The molecule has 1 saturated heterocycles. The van der Waals surface area contributed by atoms with Crippen molar-refractivity contribution in [1.29, 1.82) is 0 Å². The van der Waals surface area contributed by atoms with Gasteiger partial charge in [0.15, 0.2) is 0 Å². The fraction of sp³-hybridized carbons (Fsp3) is 0.583. The molecule has 0 bridgehead atoms. The molecule has 5 nitrogen and oxygen atoms in total. The largest absolute Gasteiger partial charge is 0.316 e. The molecule has 106 valence electrons. The molecule has 1 aliphatic heterocycles. The summed E-state index contributed by atoms with van der Waals surface area (Å²) >= 11 is 0. The lowest BCUT2D eigenvalue weighted by atomic mass is 10.00. The van der Waals surface area contributed by atoms with Gasteiger partial charge in [0.2, 0.25) is 10.0 Å². The lowest BCUT2D eigenvalue weighted by molar-refractivity contribution is 0.314. The van der Waals surface area contributed by atoms with E-state index in [4.69, 9.17) is 0 Å². The Hall–Kier alpha value is -1.05. The third kappa shape index (κ3) is 3.49. The maximum absolute atomic E-state index is 13.1. The molecule has 0 amide bonds. The van der Waals surface area contributed by atoms with Gasteiger partial charge in [-0.1, -0.05) is 0 Å². The topological polar surface area (TPSA) is 62.3 Å². The van der Waals surface area contributed by atoms with E-state index in [1.165, 1.54) is 17.5 Å². The first-order valence-corrected chi connectivity index (χ1v) is 7.72. The summed E-state index contributed by atoms with van der Waals surface area (Å²) in [6, 6.07) is 0.998. The smallest absolute Gasteiger partial charge is 0.244 e. The number of nitrogens with one attached hydrogen (secondary N) is 1. The molecule has 0 spiro atoms. The van der Waals surface area contributed by atoms with Crippen LogP contribution >= 0.6 is 0 Å². The number of nitrogens with zero attached hydrogens (tertiary/aromatic N) is 2. The first-order chi connectivity index (χ1) is 9.00. The first kappa shape index (κ1) is 14.4. The molecular formula is C12H18FN3O2S. The van der Waals surface area contributed by atoms with Crippen molar-refractivity contribution >= 4 is 10.0 Å². The van der Waals surface area contributed by atoms with Crippen LogP contribution in [0.2, 0.25) is 0 Å². The normalized spacial score (nSPS) is 20.7. The van der Waals surface area contributed by atoms with Crippen LogP contribution in [0.15, 0.2) is 23.4 Å². The molecule has 1 aromatic heterocycles. The van der Waals surface area contributed by atoms with Crippen LogP contribution in [0.3, 0.4) is 0 Å². The second kappa shape index (κ2) is 5.94. The van der Waals surface area contributed by atoms with Crippen molar-refractivity contribution in [1.82, 2.24) is 14.6 Å². The molecule has 0 radical (unpaired) electrons. The van der Waals surface area contributed by atoms with Gasteiger partial charge in [-0.2, -0.15) is 0 Å². The predicted molar refractivity (Wildman–Crippen MR) is 69.6 cm³/mol. The van der Waals surface area contributed by atoms with Crippen molar-refractivity contribution in [3.63, 3.8) is 0 Å². The molecule has 1 fully saturated rings. The van der Waals surface area contributed by atoms with Gasteiger partial charge in [0.1, 0.15) is 10.7 Å². The molecular weight excluding hydrogens is 269 g/mol. The van der Waals surface area contributed by atoms with Crippen LogP contribution in [0, 0.1) is 11.7 Å². The number of rotatable bonds is 4. The number of hydrogen-bond donors (Lipinski definition) is 1. The minimum absolute atomic E-state index is 0.0984. The van der Waals surface area contributed by atoms with Gasteiger partial charge in [0.25, 0.3) is 0 Å². The number of piperidine rings is 1. The van der Waals surface area contributed by atoms with Crippen molar-refractivity contribution in [2.45, 2.75) is 17.7 Å². The summed E-state index contributed by atoms with van der Waals surface area (Å²) in [5.41, 5.74) is 0. The van der Waals surface area contributed by atoms with Crippen molar-refractivity contribution in [2.24, 2.45) is 5.92 Å². The average Bonchev–Trinajstić information content (AvgIpc) is 2.40. The Kier molecular flexibility index (Phi) is 4.49. The molecule has 7 heteroatoms. The van der Waals surface area contributed by atoms with Gasteiger partial charge in [0, 0.05) is 19.8 Å². The summed E-state index contributed by atoms with van der Waals surface area (Å²) in [5.74, 6) is -0.344. The van der Waals surface area contributed by atoms with Gasteiger partial charge in [-0.05, 0) is 37.9 Å². The molecule has 1 unspecified atom stereocenters. The molecule has 2 rings (SSSR count). The van der Waals surface area contributed by atoms with Crippen LogP contribution in [0.5, 0.6) is 0 Å². The maximum Gasteiger partial charge on any atom is 0.244 e. The fourth-order valence-corrected chi connectivity index (χ4v) is 3.48. The Morgan fingerprint density at radius 3 is 2.95 bits per heavy atom. The first-order valence-electron chi connectivity index (χ1n) is 6.28. The van der Waals surface area contributed by atoms with Crippen LogP contribution in [0.25, 0.3) is 0 Å². The van der Waals surface area contributed by atoms with E-state index >= 15 is 0 Å². The summed E-state index contributed by atoms with van der Waals surface area (Å²) in [4.78, 5) is 3.49. The minimum Gasteiger partial charge on any atom is -0.316 e. The van der Waals surface area contributed by atoms with E-state index in [0.29, 0.717) is 12.5 Å². The molecule has 19 heavy (non-hydrogen) atoms. The molecule has 1 aromatic rings. The second-order valence-corrected chi connectivity index (χ2v) is 6.88. The van der Waals surface area contributed by atoms with Crippen LogP contribution < -0.4 is 5.32 Å². The van der Waals surface area contributed by atoms with Crippen molar-refractivity contribution < 1.29 is 12.8 Å². The highest BCUT2D eigenvalue weighted by molar-refractivity contribution is 7.89. The second-order valence-electron chi connectivity index (χ2n) is 4.84. The van der Waals surface area contributed by atoms with Crippen LogP contribution in [-0.4, -0.2) is 44.4 Å². The monoisotopic (exact) mass is 287 g/mol. The van der Waals surface area contributed by atoms with Gasteiger partial charge in [-0.25, -0.2) is 17.1 Å².